The van der Waals surface area contributed by atoms with E-state index in [0.717, 1.165) is 11.1 Å². The van der Waals surface area contributed by atoms with Gasteiger partial charge in [-0.15, -0.1) is 0 Å². The monoisotopic (exact) mass is 372 g/mol. The zero-order valence-corrected chi connectivity index (χ0v) is 16.4. The third kappa shape index (κ3) is 5.33. The minimum Gasteiger partial charge on any atom is -0.340 e. The lowest BCUT2D eigenvalue weighted by Crippen LogP contribution is -2.50. The van der Waals surface area contributed by atoms with Gasteiger partial charge in [-0.1, -0.05) is 55.3 Å². The molecule has 2 amide bonds. The van der Waals surface area contributed by atoms with Crippen LogP contribution in [0.5, 0.6) is 0 Å². The number of amides is 2. The van der Waals surface area contributed by atoms with Gasteiger partial charge in [-0.2, -0.15) is 0 Å². The van der Waals surface area contributed by atoms with Crippen molar-refractivity contribution < 1.29 is 9.59 Å². The number of likely N-dealkylation sites (N-methyl/N-ethyl adjacent to an activating group) is 1. The Bertz CT molecular complexity index is 772. The molecule has 5 heteroatoms. The van der Waals surface area contributed by atoms with Gasteiger partial charge in [-0.3, -0.25) is 9.59 Å². The molecule has 0 aliphatic carbocycles. The summed E-state index contributed by atoms with van der Waals surface area (Å²) >= 11 is 6.01. The van der Waals surface area contributed by atoms with Gasteiger partial charge in [-0.05, 0) is 42.7 Å². The molecule has 2 aromatic rings. The Hall–Kier alpha value is -2.33. The molecular weight excluding hydrogens is 348 g/mol. The van der Waals surface area contributed by atoms with Crippen LogP contribution in [-0.4, -0.2) is 29.8 Å². The molecule has 1 atom stereocenters. The van der Waals surface area contributed by atoms with Gasteiger partial charge >= 0.3 is 0 Å². The molecule has 0 bridgehead atoms. The summed E-state index contributed by atoms with van der Waals surface area (Å²) in [6.07, 6.45) is 0. The van der Waals surface area contributed by atoms with Crippen molar-refractivity contribution in [1.29, 1.82) is 0 Å². The molecule has 0 radical (unpaired) electrons. The highest BCUT2D eigenvalue weighted by atomic mass is 35.5. The Labute approximate surface area is 160 Å². The van der Waals surface area contributed by atoms with Crippen LogP contribution in [0.15, 0.2) is 48.5 Å². The molecule has 0 aromatic heterocycles. The number of nitrogens with zero attached hydrogens (tertiary/aromatic N) is 1. The van der Waals surface area contributed by atoms with Crippen molar-refractivity contribution in [2.24, 2.45) is 5.92 Å². The van der Waals surface area contributed by atoms with Crippen LogP contribution in [0, 0.1) is 12.8 Å². The topological polar surface area (TPSA) is 49.4 Å². The third-order valence-corrected chi connectivity index (χ3v) is 4.45. The van der Waals surface area contributed by atoms with Crippen molar-refractivity contribution in [2.45, 2.75) is 33.4 Å². The number of nitrogens with one attached hydrogen (secondary N) is 1. The third-order valence-electron chi connectivity index (χ3n) is 4.22. The highest BCUT2D eigenvalue weighted by Crippen LogP contribution is 2.14. The van der Waals surface area contributed by atoms with E-state index >= 15 is 0 Å². The summed E-state index contributed by atoms with van der Waals surface area (Å²) in [5.74, 6) is -0.396. The van der Waals surface area contributed by atoms with Gasteiger partial charge in [0, 0.05) is 24.2 Å². The number of carbonyl (C=O) groups excluding carboxylic acids is 2. The maximum Gasteiger partial charge on any atom is 0.251 e. The lowest BCUT2D eigenvalue weighted by atomic mass is 10.0. The average Bonchev–Trinajstić information content (AvgIpc) is 2.59. The largest absolute Gasteiger partial charge is 0.340 e. The van der Waals surface area contributed by atoms with Crippen molar-refractivity contribution in [1.82, 2.24) is 10.2 Å². The second-order valence-corrected chi connectivity index (χ2v) is 7.32. The van der Waals surface area contributed by atoms with Crippen molar-refractivity contribution in [3.8, 4) is 0 Å². The predicted molar refractivity (Wildman–Crippen MR) is 105 cm³/mol. The van der Waals surface area contributed by atoms with Crippen LogP contribution in [0.3, 0.4) is 0 Å². The van der Waals surface area contributed by atoms with Gasteiger partial charge < -0.3 is 10.2 Å². The molecule has 4 nitrogen and oxygen atoms in total. The fraction of sp³-hybridized carbons (Fsp3) is 0.333. The number of carbonyl (C=O) groups is 2. The van der Waals surface area contributed by atoms with E-state index < -0.39 is 6.04 Å². The molecule has 2 aromatic carbocycles. The lowest BCUT2D eigenvalue weighted by Gasteiger charge is -2.27. The number of benzene rings is 2. The van der Waals surface area contributed by atoms with E-state index in [1.807, 2.05) is 51.1 Å². The highest BCUT2D eigenvalue weighted by molar-refractivity contribution is 6.30. The predicted octanol–water partition coefficient (Wildman–Crippen LogP) is 4.06. The van der Waals surface area contributed by atoms with Crippen LogP contribution in [0.2, 0.25) is 5.02 Å². The van der Waals surface area contributed by atoms with Gasteiger partial charge in [0.15, 0.2) is 0 Å². The molecule has 0 spiro atoms. The minimum absolute atomic E-state index is 0.0290. The zero-order chi connectivity index (χ0) is 19.3. The van der Waals surface area contributed by atoms with Crippen molar-refractivity contribution >= 4 is 23.4 Å². The van der Waals surface area contributed by atoms with E-state index in [4.69, 9.17) is 11.6 Å². The molecule has 1 unspecified atom stereocenters. The van der Waals surface area contributed by atoms with Crippen LogP contribution in [-0.2, 0) is 11.3 Å². The van der Waals surface area contributed by atoms with E-state index in [1.165, 1.54) is 0 Å². The molecule has 0 aliphatic rings. The van der Waals surface area contributed by atoms with Crippen molar-refractivity contribution in [2.75, 3.05) is 7.05 Å². The van der Waals surface area contributed by atoms with Crippen LogP contribution in [0.25, 0.3) is 0 Å². The van der Waals surface area contributed by atoms with Crippen molar-refractivity contribution in [3.05, 3.63) is 70.2 Å². The fourth-order valence-electron chi connectivity index (χ4n) is 2.67. The first-order valence-electron chi connectivity index (χ1n) is 8.65. The van der Waals surface area contributed by atoms with Gasteiger partial charge in [-0.25, -0.2) is 0 Å². The first-order valence-corrected chi connectivity index (χ1v) is 9.02. The number of halogens is 1. The molecule has 26 heavy (non-hydrogen) atoms. The summed E-state index contributed by atoms with van der Waals surface area (Å²) in [6, 6.07) is 14.1. The quantitative estimate of drug-likeness (QED) is 0.831. The molecular formula is C21H25ClN2O2. The normalized spacial score (nSPS) is 11.9. The highest BCUT2D eigenvalue weighted by Gasteiger charge is 2.27. The van der Waals surface area contributed by atoms with E-state index in [-0.39, 0.29) is 17.7 Å². The Balaban J connectivity index is 2.08. The van der Waals surface area contributed by atoms with E-state index in [1.54, 1.807) is 30.1 Å². The molecule has 2 rings (SSSR count). The van der Waals surface area contributed by atoms with Gasteiger partial charge in [0.25, 0.3) is 5.91 Å². The Morgan fingerprint density at radius 2 is 1.77 bits per heavy atom. The van der Waals surface area contributed by atoms with Gasteiger partial charge in [0.1, 0.15) is 6.04 Å². The fourth-order valence-corrected chi connectivity index (χ4v) is 2.88. The molecule has 1 N–H and O–H groups in total. The molecule has 138 valence electrons. The van der Waals surface area contributed by atoms with Gasteiger partial charge in [0.05, 0.1) is 0 Å². The summed E-state index contributed by atoms with van der Waals surface area (Å²) in [6.45, 7) is 6.24. The summed E-state index contributed by atoms with van der Waals surface area (Å²) in [4.78, 5) is 27.0. The van der Waals surface area contributed by atoms with E-state index in [9.17, 15) is 9.59 Å². The number of hydrogen-bond donors (Lipinski definition) is 1. The number of aryl methyl sites for hydroxylation is 1. The van der Waals surface area contributed by atoms with E-state index in [0.29, 0.717) is 17.1 Å². The summed E-state index contributed by atoms with van der Waals surface area (Å²) in [5, 5.41) is 3.51. The number of rotatable bonds is 6. The summed E-state index contributed by atoms with van der Waals surface area (Å²) < 4.78 is 0. The first-order chi connectivity index (χ1) is 12.3. The summed E-state index contributed by atoms with van der Waals surface area (Å²) in [5.41, 5.74) is 2.58. The molecule has 0 heterocycles. The van der Waals surface area contributed by atoms with Crippen LogP contribution >= 0.6 is 11.6 Å². The first kappa shape index (κ1) is 20.0. The van der Waals surface area contributed by atoms with E-state index in [2.05, 4.69) is 5.32 Å². The number of hydrogen-bond acceptors (Lipinski definition) is 2. The summed E-state index contributed by atoms with van der Waals surface area (Å²) in [7, 11) is 1.73. The smallest absolute Gasteiger partial charge is 0.251 e. The average molecular weight is 373 g/mol. The minimum atomic E-state index is -0.590. The van der Waals surface area contributed by atoms with Crippen molar-refractivity contribution in [3.63, 3.8) is 0 Å². The maximum atomic E-state index is 12.9. The zero-order valence-electron chi connectivity index (χ0n) is 15.6. The standard InChI is InChI=1S/C21H25ClN2O2/c1-14(2)19(23-20(25)17-10-8-15(3)9-11-17)21(26)24(4)13-16-6-5-7-18(22)12-16/h5-12,14,19H,13H2,1-4H3,(H,23,25). The Morgan fingerprint density at radius 1 is 1.12 bits per heavy atom. The van der Waals surface area contributed by atoms with Crippen LogP contribution in [0.4, 0.5) is 0 Å². The molecule has 0 fully saturated rings. The molecule has 0 saturated carbocycles. The second-order valence-electron chi connectivity index (χ2n) is 6.89. The molecule has 0 saturated heterocycles. The van der Waals surface area contributed by atoms with Crippen LogP contribution in [0.1, 0.15) is 35.3 Å². The molecule has 0 aliphatic heterocycles. The maximum absolute atomic E-state index is 12.9. The SMILES string of the molecule is Cc1ccc(C(=O)NC(C(=O)N(C)Cc2cccc(Cl)c2)C(C)C)cc1. The Morgan fingerprint density at radius 3 is 2.35 bits per heavy atom. The lowest BCUT2D eigenvalue weighted by molar-refractivity contribution is -0.133. The second kappa shape index (κ2) is 8.86. The van der Waals surface area contributed by atoms with Gasteiger partial charge in [0.2, 0.25) is 5.91 Å². The van der Waals surface area contributed by atoms with Crippen LogP contribution < -0.4 is 5.32 Å². The Kier molecular flexibility index (Phi) is 6.81.